The van der Waals surface area contributed by atoms with Crippen molar-refractivity contribution in [3.8, 4) is 0 Å². The van der Waals surface area contributed by atoms with Crippen molar-refractivity contribution in [2.45, 2.75) is 5.60 Å². The van der Waals surface area contributed by atoms with Gasteiger partial charge in [-0.2, -0.15) is 0 Å². The van der Waals surface area contributed by atoms with Gasteiger partial charge >= 0.3 is 0 Å². The zero-order valence-electron chi connectivity index (χ0n) is 14.6. The first-order chi connectivity index (χ1) is 13.8. The third kappa shape index (κ3) is 3.91. The fourth-order valence-corrected chi connectivity index (χ4v) is 3.83. The topological polar surface area (TPSA) is 60.4 Å². The lowest BCUT2D eigenvalue weighted by Gasteiger charge is -2.33. The van der Waals surface area contributed by atoms with E-state index >= 15 is 0 Å². The van der Waals surface area contributed by atoms with Crippen LogP contribution in [0.25, 0.3) is 0 Å². The van der Waals surface area contributed by atoms with Gasteiger partial charge in [0.05, 0.1) is 15.1 Å². The molecule has 0 fully saturated rings. The van der Waals surface area contributed by atoms with Crippen molar-refractivity contribution in [2.24, 2.45) is 0 Å². The van der Waals surface area contributed by atoms with Crippen molar-refractivity contribution in [1.29, 1.82) is 0 Å². The average Bonchev–Trinajstić information content (AvgIpc) is 2.77. The Balaban J connectivity index is 2.07. The molecule has 1 aliphatic carbocycles. The maximum absolute atomic E-state index is 13.3. The third-order valence-electron chi connectivity index (χ3n) is 4.28. The van der Waals surface area contributed by atoms with E-state index in [9.17, 15) is 14.4 Å². The maximum Gasteiger partial charge on any atom is 0.232 e. The van der Waals surface area contributed by atoms with Gasteiger partial charge in [-0.25, -0.2) is 0 Å². The summed E-state index contributed by atoms with van der Waals surface area (Å²) >= 11 is 24.4. The number of benzene rings is 2. The molecule has 8 heteroatoms. The van der Waals surface area contributed by atoms with Crippen molar-refractivity contribution in [3.63, 3.8) is 0 Å². The predicted molar refractivity (Wildman–Crippen MR) is 113 cm³/mol. The Kier molecular flexibility index (Phi) is 6.62. The highest BCUT2D eigenvalue weighted by Crippen LogP contribution is 2.45. The van der Waals surface area contributed by atoms with Crippen LogP contribution in [0.2, 0.25) is 0 Å². The van der Waals surface area contributed by atoms with Crippen molar-refractivity contribution < 1.29 is 19.1 Å². The molecular formula is C21H12Cl4O4. The molecule has 0 heterocycles. The van der Waals surface area contributed by atoms with Crippen LogP contribution in [0, 0.1) is 0 Å². The van der Waals surface area contributed by atoms with E-state index in [-0.39, 0.29) is 15.6 Å². The van der Waals surface area contributed by atoms with Gasteiger partial charge in [0.1, 0.15) is 11.6 Å². The first-order valence-corrected chi connectivity index (χ1v) is 9.80. The number of ether oxygens (including phenoxy) is 1. The van der Waals surface area contributed by atoms with Gasteiger partial charge in [0.15, 0.2) is 5.78 Å². The van der Waals surface area contributed by atoms with Crippen LogP contribution < -0.4 is 0 Å². The first kappa shape index (κ1) is 21.8. The highest BCUT2D eigenvalue weighted by atomic mass is 35.5. The monoisotopic (exact) mass is 468 g/mol. The van der Waals surface area contributed by atoms with Gasteiger partial charge in [0.2, 0.25) is 17.2 Å². The molecule has 0 saturated heterocycles. The van der Waals surface area contributed by atoms with Gasteiger partial charge < -0.3 is 4.74 Å². The van der Waals surface area contributed by atoms with Gasteiger partial charge in [-0.05, 0) is 0 Å². The molecule has 0 aliphatic heterocycles. The Morgan fingerprint density at radius 3 is 1.83 bits per heavy atom. The summed E-state index contributed by atoms with van der Waals surface area (Å²) in [6.07, 6.45) is 0. The lowest BCUT2D eigenvalue weighted by atomic mass is 9.84. The minimum atomic E-state index is -2.42. The number of halogens is 4. The average molecular weight is 470 g/mol. The fourth-order valence-electron chi connectivity index (χ4n) is 2.77. The van der Waals surface area contributed by atoms with Crippen molar-refractivity contribution in [1.82, 2.24) is 0 Å². The van der Waals surface area contributed by atoms with Gasteiger partial charge in [-0.3, -0.25) is 14.4 Å². The largest absolute Gasteiger partial charge is 0.345 e. The highest BCUT2D eigenvalue weighted by molar-refractivity contribution is 6.60. The Morgan fingerprint density at radius 1 is 0.759 bits per heavy atom. The first-order valence-electron chi connectivity index (χ1n) is 8.29. The van der Waals surface area contributed by atoms with E-state index in [1.807, 2.05) is 0 Å². The van der Waals surface area contributed by atoms with Crippen molar-refractivity contribution in [3.05, 3.63) is 91.9 Å². The minimum absolute atomic E-state index is 0.123. The second-order valence-corrected chi connectivity index (χ2v) is 7.55. The van der Waals surface area contributed by atoms with E-state index in [0.717, 1.165) is 0 Å². The van der Waals surface area contributed by atoms with E-state index in [1.54, 1.807) is 48.5 Å². The molecule has 1 unspecified atom stereocenters. The molecule has 148 valence electrons. The number of Topliss-reactive ketones (excluding diaryl/α,β-unsaturated/α-hetero) is 3. The quantitative estimate of drug-likeness (QED) is 0.415. The summed E-state index contributed by atoms with van der Waals surface area (Å²) in [4.78, 5) is 38.9. The molecule has 0 radical (unpaired) electrons. The van der Waals surface area contributed by atoms with Crippen LogP contribution in [0.15, 0.2) is 80.8 Å². The van der Waals surface area contributed by atoms with E-state index in [1.165, 1.54) is 12.1 Å². The van der Waals surface area contributed by atoms with Crippen LogP contribution >= 0.6 is 46.4 Å². The lowest BCUT2D eigenvalue weighted by molar-refractivity contribution is -0.129. The second kappa shape index (κ2) is 8.82. The van der Waals surface area contributed by atoms with E-state index in [2.05, 4.69) is 0 Å². The van der Waals surface area contributed by atoms with E-state index < -0.39 is 39.6 Å². The molecule has 1 atom stereocenters. The number of hydrogen-bond acceptors (Lipinski definition) is 4. The molecule has 2 aromatic rings. The zero-order chi connectivity index (χ0) is 21.2. The summed E-state index contributed by atoms with van der Waals surface area (Å²) in [7, 11) is 0. The number of rotatable bonds is 6. The summed E-state index contributed by atoms with van der Waals surface area (Å²) in [5.41, 5.74) is -1.96. The van der Waals surface area contributed by atoms with Gasteiger partial charge in [0, 0.05) is 11.1 Å². The molecule has 29 heavy (non-hydrogen) atoms. The van der Waals surface area contributed by atoms with Crippen LogP contribution in [0.5, 0.6) is 0 Å². The van der Waals surface area contributed by atoms with Gasteiger partial charge in [-0.15, -0.1) is 0 Å². The van der Waals surface area contributed by atoms with Crippen LogP contribution in [0.4, 0.5) is 0 Å². The van der Waals surface area contributed by atoms with Crippen molar-refractivity contribution >= 4 is 63.8 Å². The molecule has 0 spiro atoms. The number of carbonyl (C=O) groups excluding carboxylic acids is 3. The summed E-state index contributed by atoms with van der Waals surface area (Å²) in [6.45, 7) is -0.615. The number of allylic oxidation sites excluding steroid dienone is 2. The van der Waals surface area contributed by atoms with Crippen molar-refractivity contribution in [2.75, 3.05) is 6.61 Å². The number of ketones is 3. The summed E-state index contributed by atoms with van der Waals surface area (Å²) < 4.78 is 5.62. The Morgan fingerprint density at radius 2 is 1.28 bits per heavy atom. The standard InChI is InChI=1S/C21H12Cl4O4/c22-15-16(23)18(25)21(20(28)17(15)24,19(27)13-9-5-2-6-10-13)29-11-14(26)12-7-3-1-4-8-12/h1-10H,11H2. The molecule has 0 N–H and O–H groups in total. The molecule has 0 amide bonds. The normalized spacial score (nSPS) is 19.5. The van der Waals surface area contributed by atoms with Crippen LogP contribution in [-0.2, 0) is 9.53 Å². The number of carbonyl (C=O) groups is 3. The zero-order valence-corrected chi connectivity index (χ0v) is 17.6. The SMILES string of the molecule is O=C(COC1(C(=O)c2ccccc2)C(=O)C(Cl)=C(Cl)C(Cl)=C1Cl)c1ccccc1. The van der Waals surface area contributed by atoms with Crippen LogP contribution in [0.3, 0.4) is 0 Å². The highest BCUT2D eigenvalue weighted by Gasteiger charge is 2.55. The van der Waals surface area contributed by atoms with Gasteiger partial charge in [0.25, 0.3) is 0 Å². The summed E-state index contributed by atoms with van der Waals surface area (Å²) in [5, 5.41) is -1.54. The number of hydrogen-bond donors (Lipinski definition) is 0. The van der Waals surface area contributed by atoms with Crippen LogP contribution in [0.1, 0.15) is 20.7 Å². The molecule has 0 saturated carbocycles. The smallest absolute Gasteiger partial charge is 0.232 e. The summed E-state index contributed by atoms with van der Waals surface area (Å²) in [6, 6.07) is 16.1. The predicted octanol–water partition coefficient (Wildman–Crippen LogP) is 5.47. The molecule has 0 bridgehead atoms. The molecule has 3 rings (SSSR count). The molecule has 0 aromatic heterocycles. The van der Waals surface area contributed by atoms with E-state index in [0.29, 0.717) is 5.56 Å². The fraction of sp³-hybridized carbons (Fsp3) is 0.0952. The summed E-state index contributed by atoms with van der Waals surface area (Å²) in [5.74, 6) is -2.27. The Hall–Kier alpha value is -1.95. The Labute approximate surface area is 186 Å². The third-order valence-corrected chi connectivity index (χ3v) is 6.14. The van der Waals surface area contributed by atoms with E-state index in [4.69, 9.17) is 51.1 Å². The molecular weight excluding hydrogens is 458 g/mol. The lowest BCUT2D eigenvalue weighted by Crippen LogP contribution is -2.52. The molecule has 4 nitrogen and oxygen atoms in total. The minimum Gasteiger partial charge on any atom is -0.345 e. The van der Waals surface area contributed by atoms with Crippen LogP contribution in [-0.4, -0.2) is 29.6 Å². The molecule has 2 aromatic carbocycles. The second-order valence-electron chi connectivity index (χ2n) is 6.04. The molecule has 1 aliphatic rings. The Bertz CT molecular complexity index is 1040. The van der Waals surface area contributed by atoms with Gasteiger partial charge in [-0.1, -0.05) is 107 Å². The maximum atomic E-state index is 13.3.